The van der Waals surface area contributed by atoms with Crippen molar-refractivity contribution in [2.75, 3.05) is 13.1 Å². The summed E-state index contributed by atoms with van der Waals surface area (Å²) in [6.07, 6.45) is 4.38. The summed E-state index contributed by atoms with van der Waals surface area (Å²) in [7, 11) is 0. The number of piperidine rings is 1. The molecule has 104 valence electrons. The molecule has 1 amide bonds. The summed E-state index contributed by atoms with van der Waals surface area (Å²) in [5.41, 5.74) is 2.02. The van der Waals surface area contributed by atoms with E-state index >= 15 is 0 Å². The largest absolute Gasteiger partial charge is 0.339 e. The fourth-order valence-electron chi connectivity index (χ4n) is 2.75. The lowest BCUT2D eigenvalue weighted by atomic mass is 10.0. The Labute approximate surface area is 124 Å². The highest BCUT2D eigenvalue weighted by Gasteiger charge is 2.20. The first-order valence-electron chi connectivity index (χ1n) is 7.24. The average Bonchev–Trinajstić information content (AvgIpc) is 3.01. The van der Waals surface area contributed by atoms with Crippen LogP contribution < -0.4 is 0 Å². The van der Waals surface area contributed by atoms with Gasteiger partial charge in [-0.05, 0) is 42.3 Å². The summed E-state index contributed by atoms with van der Waals surface area (Å²) in [6.45, 7) is 1.82. The van der Waals surface area contributed by atoms with E-state index in [1.165, 1.54) is 11.3 Å². The number of rotatable bonds is 3. The molecule has 0 N–H and O–H groups in total. The van der Waals surface area contributed by atoms with E-state index < -0.39 is 0 Å². The molecule has 1 aromatic heterocycles. The second-order valence-corrected chi connectivity index (χ2v) is 6.30. The lowest BCUT2D eigenvalue weighted by Crippen LogP contribution is -2.36. The molecule has 1 saturated heterocycles. The number of likely N-dealkylation sites (tertiary alicyclic amines) is 1. The quantitative estimate of drug-likeness (QED) is 0.835. The molecule has 1 aliphatic heterocycles. The smallest absolute Gasteiger partial charge is 0.254 e. The molecule has 3 heteroatoms. The molecular weight excluding hydrogens is 266 g/mol. The van der Waals surface area contributed by atoms with E-state index in [0.717, 1.165) is 43.5 Å². The molecule has 1 aromatic carbocycles. The molecule has 20 heavy (non-hydrogen) atoms. The Hall–Kier alpha value is -1.61. The summed E-state index contributed by atoms with van der Waals surface area (Å²) in [5.74, 6) is 0.205. The molecule has 0 spiro atoms. The van der Waals surface area contributed by atoms with Crippen molar-refractivity contribution in [3.63, 3.8) is 0 Å². The van der Waals surface area contributed by atoms with Crippen LogP contribution in [0.15, 0.2) is 41.8 Å². The Morgan fingerprint density at radius 1 is 1.05 bits per heavy atom. The molecule has 0 unspecified atom stereocenters. The average molecular weight is 285 g/mol. The van der Waals surface area contributed by atoms with E-state index in [0.29, 0.717) is 0 Å². The van der Waals surface area contributed by atoms with Crippen LogP contribution in [0.1, 0.15) is 40.1 Å². The van der Waals surface area contributed by atoms with Crippen LogP contribution >= 0.6 is 11.3 Å². The lowest BCUT2D eigenvalue weighted by Gasteiger charge is -2.27. The van der Waals surface area contributed by atoms with Crippen molar-refractivity contribution < 1.29 is 4.79 Å². The van der Waals surface area contributed by atoms with Crippen molar-refractivity contribution >= 4 is 17.2 Å². The maximum atomic E-state index is 12.7. The van der Waals surface area contributed by atoms with Crippen LogP contribution in [0.5, 0.6) is 0 Å². The van der Waals surface area contributed by atoms with Gasteiger partial charge >= 0.3 is 0 Å². The molecule has 1 fully saturated rings. The van der Waals surface area contributed by atoms with Crippen LogP contribution in [0.2, 0.25) is 0 Å². The first-order valence-corrected chi connectivity index (χ1v) is 8.12. The van der Waals surface area contributed by atoms with Crippen molar-refractivity contribution in [3.05, 3.63) is 57.8 Å². The van der Waals surface area contributed by atoms with Gasteiger partial charge in [0.15, 0.2) is 0 Å². The Morgan fingerprint density at radius 2 is 1.85 bits per heavy atom. The molecule has 0 bridgehead atoms. The fraction of sp³-hybridized carbons (Fsp3) is 0.353. The second kappa shape index (κ2) is 6.23. The molecule has 0 radical (unpaired) electrons. The van der Waals surface area contributed by atoms with E-state index in [2.05, 4.69) is 23.6 Å². The highest BCUT2D eigenvalue weighted by molar-refractivity contribution is 7.09. The van der Waals surface area contributed by atoms with Gasteiger partial charge < -0.3 is 4.90 Å². The van der Waals surface area contributed by atoms with Crippen molar-refractivity contribution in [2.45, 2.75) is 25.7 Å². The number of carbonyl (C=O) groups is 1. The minimum absolute atomic E-state index is 0.205. The fourth-order valence-corrected chi connectivity index (χ4v) is 3.48. The Balaban J connectivity index is 1.83. The summed E-state index contributed by atoms with van der Waals surface area (Å²) in [4.78, 5) is 16.0. The molecule has 0 aliphatic carbocycles. The zero-order valence-corrected chi connectivity index (χ0v) is 12.4. The van der Waals surface area contributed by atoms with Gasteiger partial charge in [-0.3, -0.25) is 4.79 Å². The predicted octanol–water partition coefficient (Wildman–Crippen LogP) is 3.97. The first kappa shape index (κ1) is 13.4. The van der Waals surface area contributed by atoms with E-state index in [-0.39, 0.29) is 5.91 Å². The SMILES string of the molecule is O=C(c1ccccc1Cc1cccs1)N1CCCCC1. The van der Waals surface area contributed by atoms with E-state index in [1.54, 1.807) is 11.3 Å². The van der Waals surface area contributed by atoms with Gasteiger partial charge in [-0.1, -0.05) is 24.3 Å². The third-order valence-electron chi connectivity index (χ3n) is 3.84. The topological polar surface area (TPSA) is 20.3 Å². The number of hydrogen-bond acceptors (Lipinski definition) is 2. The van der Waals surface area contributed by atoms with Crippen molar-refractivity contribution in [3.8, 4) is 0 Å². The maximum Gasteiger partial charge on any atom is 0.254 e. The zero-order chi connectivity index (χ0) is 13.8. The zero-order valence-electron chi connectivity index (χ0n) is 11.5. The standard InChI is InChI=1S/C17H19NOS/c19-17(18-10-4-1-5-11-18)16-9-3-2-7-14(16)13-15-8-6-12-20-15/h2-3,6-9,12H,1,4-5,10-11,13H2. The molecule has 1 aliphatic rings. The summed E-state index contributed by atoms with van der Waals surface area (Å²) < 4.78 is 0. The summed E-state index contributed by atoms with van der Waals surface area (Å²) >= 11 is 1.75. The number of amides is 1. The van der Waals surface area contributed by atoms with Crippen LogP contribution in [0, 0.1) is 0 Å². The van der Waals surface area contributed by atoms with E-state index in [9.17, 15) is 4.79 Å². The summed E-state index contributed by atoms with van der Waals surface area (Å²) in [5, 5.41) is 2.09. The van der Waals surface area contributed by atoms with Crippen LogP contribution in [-0.4, -0.2) is 23.9 Å². The number of carbonyl (C=O) groups excluding carboxylic acids is 1. The third kappa shape index (κ3) is 2.93. The molecule has 0 atom stereocenters. The van der Waals surface area contributed by atoms with E-state index in [4.69, 9.17) is 0 Å². The second-order valence-electron chi connectivity index (χ2n) is 5.27. The van der Waals surface area contributed by atoms with Gasteiger partial charge in [0.1, 0.15) is 0 Å². The van der Waals surface area contributed by atoms with E-state index in [1.807, 2.05) is 23.1 Å². The predicted molar refractivity (Wildman–Crippen MR) is 83.3 cm³/mol. The van der Waals surface area contributed by atoms with Crippen LogP contribution in [0.4, 0.5) is 0 Å². The third-order valence-corrected chi connectivity index (χ3v) is 4.71. The molecular formula is C17H19NOS. The first-order chi connectivity index (χ1) is 9.84. The highest BCUT2D eigenvalue weighted by atomic mass is 32.1. The maximum absolute atomic E-state index is 12.7. The Bertz CT molecular complexity index is 570. The molecule has 2 aromatic rings. The molecule has 3 rings (SSSR count). The molecule has 0 saturated carbocycles. The van der Waals surface area contributed by atoms with Crippen LogP contribution in [0.25, 0.3) is 0 Å². The van der Waals surface area contributed by atoms with Gasteiger partial charge in [-0.25, -0.2) is 0 Å². The van der Waals surface area contributed by atoms with Crippen molar-refractivity contribution in [2.24, 2.45) is 0 Å². The van der Waals surface area contributed by atoms with Gasteiger partial charge in [-0.2, -0.15) is 0 Å². The van der Waals surface area contributed by atoms with Crippen molar-refractivity contribution in [1.82, 2.24) is 4.90 Å². The van der Waals surface area contributed by atoms with Gasteiger partial charge in [0.05, 0.1) is 0 Å². The number of benzene rings is 1. The van der Waals surface area contributed by atoms with Gasteiger partial charge in [0.2, 0.25) is 0 Å². The number of nitrogens with zero attached hydrogens (tertiary/aromatic N) is 1. The van der Waals surface area contributed by atoms with Crippen LogP contribution in [0.3, 0.4) is 0 Å². The lowest BCUT2D eigenvalue weighted by molar-refractivity contribution is 0.0723. The van der Waals surface area contributed by atoms with Crippen molar-refractivity contribution in [1.29, 1.82) is 0 Å². The molecule has 2 heterocycles. The van der Waals surface area contributed by atoms with Gasteiger partial charge in [0, 0.05) is 30.0 Å². The highest BCUT2D eigenvalue weighted by Crippen LogP contribution is 2.20. The normalized spacial score (nSPS) is 15.3. The minimum atomic E-state index is 0.205. The Kier molecular flexibility index (Phi) is 4.16. The van der Waals surface area contributed by atoms with Crippen LogP contribution in [-0.2, 0) is 6.42 Å². The monoisotopic (exact) mass is 285 g/mol. The van der Waals surface area contributed by atoms with Gasteiger partial charge in [0.25, 0.3) is 5.91 Å². The van der Waals surface area contributed by atoms with Gasteiger partial charge in [-0.15, -0.1) is 11.3 Å². The summed E-state index contributed by atoms with van der Waals surface area (Å²) in [6, 6.07) is 12.2. The molecule has 2 nitrogen and oxygen atoms in total. The number of hydrogen-bond donors (Lipinski definition) is 0. The Morgan fingerprint density at radius 3 is 2.60 bits per heavy atom. The number of thiophene rings is 1. The minimum Gasteiger partial charge on any atom is -0.339 e.